The maximum Gasteiger partial charge on any atom is 0.292 e. The number of non-ortho nitro benzene ring substituents is 1. The maximum atomic E-state index is 12.5. The van der Waals surface area contributed by atoms with Crippen LogP contribution in [-0.4, -0.2) is 27.2 Å². The predicted octanol–water partition coefficient (Wildman–Crippen LogP) is 3.62. The largest absolute Gasteiger partial charge is 0.292 e. The van der Waals surface area contributed by atoms with Crippen molar-refractivity contribution in [3.8, 4) is 0 Å². The van der Waals surface area contributed by atoms with Crippen molar-refractivity contribution in [1.82, 2.24) is 15.6 Å². The molecule has 1 atom stereocenters. The number of aryl methyl sites for hydroxylation is 1. The molecule has 0 saturated carbocycles. The number of nitro groups is 1. The summed E-state index contributed by atoms with van der Waals surface area (Å²) in [5, 5.41) is 21.8. The van der Waals surface area contributed by atoms with E-state index in [-0.39, 0.29) is 17.0 Å². The number of aromatic nitrogens is 2. The van der Waals surface area contributed by atoms with E-state index in [4.69, 9.17) is 0 Å². The summed E-state index contributed by atoms with van der Waals surface area (Å²) in [5.41, 5.74) is 5.80. The van der Waals surface area contributed by atoms with E-state index >= 15 is 0 Å². The molecule has 8 heteroatoms. The first kappa shape index (κ1) is 19.7. The van der Waals surface area contributed by atoms with Gasteiger partial charge in [-0.1, -0.05) is 27.2 Å². The van der Waals surface area contributed by atoms with Gasteiger partial charge < -0.3 is 0 Å². The first-order chi connectivity index (χ1) is 13.3. The van der Waals surface area contributed by atoms with Gasteiger partial charge >= 0.3 is 0 Å². The van der Waals surface area contributed by atoms with E-state index in [0.717, 1.165) is 36.9 Å². The molecule has 0 saturated heterocycles. The van der Waals surface area contributed by atoms with Gasteiger partial charge in [0.2, 0.25) is 0 Å². The van der Waals surface area contributed by atoms with Crippen LogP contribution < -0.4 is 5.43 Å². The third-order valence-electron chi connectivity index (χ3n) is 5.86. The van der Waals surface area contributed by atoms with Crippen molar-refractivity contribution in [2.75, 3.05) is 0 Å². The molecule has 1 amide bonds. The smallest absolute Gasteiger partial charge is 0.281 e. The quantitative estimate of drug-likeness (QED) is 0.450. The second-order valence-corrected chi connectivity index (χ2v) is 7.86. The minimum atomic E-state index is -0.462. The van der Waals surface area contributed by atoms with Crippen molar-refractivity contribution < 1.29 is 9.72 Å². The van der Waals surface area contributed by atoms with Gasteiger partial charge in [0.1, 0.15) is 0 Å². The van der Waals surface area contributed by atoms with Gasteiger partial charge in [0, 0.05) is 23.4 Å². The highest BCUT2D eigenvalue weighted by atomic mass is 16.6. The van der Waals surface area contributed by atoms with Crippen molar-refractivity contribution in [1.29, 1.82) is 0 Å². The highest BCUT2D eigenvalue weighted by Gasteiger charge is 2.34. The Morgan fingerprint density at radius 2 is 2.14 bits per heavy atom. The molecule has 0 fully saturated rings. The molecule has 0 aliphatic heterocycles. The molecule has 1 aliphatic rings. The molecule has 1 aromatic carbocycles. The van der Waals surface area contributed by atoms with Gasteiger partial charge in [-0.15, -0.1) is 0 Å². The predicted molar refractivity (Wildman–Crippen MR) is 106 cm³/mol. The highest BCUT2D eigenvalue weighted by Crippen LogP contribution is 2.40. The number of aromatic amines is 1. The Morgan fingerprint density at radius 1 is 1.43 bits per heavy atom. The number of fused-ring (bicyclic) bond motifs is 1. The molecule has 0 radical (unpaired) electrons. The minimum Gasteiger partial charge on any atom is -0.281 e. The van der Waals surface area contributed by atoms with Crippen LogP contribution in [-0.2, 0) is 12.8 Å². The Hall–Kier alpha value is -3.03. The number of hydrogen-bond donors (Lipinski definition) is 2. The van der Waals surface area contributed by atoms with Crippen LogP contribution in [0.5, 0.6) is 0 Å². The standard InChI is InChI=1S/C20H25N5O3/c1-4-20(2,3)14-7-10-17-16(11-14)18(23-22-17)19(26)24-21-12-13-5-8-15(9-6-13)25(27)28/h5-6,8-9,12,14H,4,7,10-11H2,1-3H3,(H,22,23)(H,24,26)/b21-12-/t14-/m0/s1. The summed E-state index contributed by atoms with van der Waals surface area (Å²) in [6.45, 7) is 6.75. The number of hydrazone groups is 1. The van der Waals surface area contributed by atoms with Gasteiger partial charge in [0.25, 0.3) is 11.6 Å². The second-order valence-electron chi connectivity index (χ2n) is 7.86. The number of nitro benzene ring substituents is 1. The molecule has 0 unspecified atom stereocenters. The van der Waals surface area contributed by atoms with Crippen LogP contribution in [0, 0.1) is 21.4 Å². The van der Waals surface area contributed by atoms with Crippen LogP contribution in [0.15, 0.2) is 29.4 Å². The lowest BCUT2D eigenvalue weighted by molar-refractivity contribution is -0.384. The maximum absolute atomic E-state index is 12.5. The normalized spacial score (nSPS) is 16.8. The van der Waals surface area contributed by atoms with Crippen LogP contribution in [0.4, 0.5) is 5.69 Å². The third kappa shape index (κ3) is 4.11. The molecular formula is C20H25N5O3. The fraction of sp³-hybridized carbons (Fsp3) is 0.450. The topological polar surface area (TPSA) is 113 Å². The van der Waals surface area contributed by atoms with E-state index < -0.39 is 4.92 Å². The van der Waals surface area contributed by atoms with E-state index in [2.05, 4.69) is 41.5 Å². The summed E-state index contributed by atoms with van der Waals surface area (Å²) >= 11 is 0. The zero-order valence-electron chi connectivity index (χ0n) is 16.4. The summed E-state index contributed by atoms with van der Waals surface area (Å²) in [5.74, 6) is 0.156. The number of H-pyrrole nitrogens is 1. The van der Waals surface area contributed by atoms with Gasteiger partial charge in [-0.05, 0) is 48.3 Å². The molecule has 2 N–H and O–H groups in total. The zero-order valence-corrected chi connectivity index (χ0v) is 16.4. The molecule has 1 heterocycles. The monoisotopic (exact) mass is 383 g/mol. The number of hydrogen-bond acceptors (Lipinski definition) is 5. The van der Waals surface area contributed by atoms with Gasteiger partial charge in [-0.25, -0.2) is 5.43 Å². The molecular weight excluding hydrogens is 358 g/mol. The molecule has 1 aliphatic carbocycles. The average Bonchev–Trinajstić information content (AvgIpc) is 3.11. The summed E-state index contributed by atoms with van der Waals surface area (Å²) in [6, 6.07) is 5.93. The fourth-order valence-corrected chi connectivity index (χ4v) is 3.54. The van der Waals surface area contributed by atoms with Crippen LogP contribution in [0.3, 0.4) is 0 Å². The van der Waals surface area contributed by atoms with Gasteiger partial charge in [-0.3, -0.25) is 20.0 Å². The zero-order chi connectivity index (χ0) is 20.3. The SMILES string of the molecule is CCC(C)(C)[C@H]1CCc2[nH]nc(C(=O)N/N=C\c3ccc([N+](=O)[O-])cc3)c2C1. The lowest BCUT2D eigenvalue weighted by Crippen LogP contribution is -2.30. The van der Waals surface area contributed by atoms with Crippen molar-refractivity contribution >= 4 is 17.8 Å². The highest BCUT2D eigenvalue weighted by molar-refractivity contribution is 5.94. The first-order valence-electron chi connectivity index (χ1n) is 9.45. The molecule has 2 aromatic rings. The van der Waals surface area contributed by atoms with Crippen molar-refractivity contribution in [2.24, 2.45) is 16.4 Å². The van der Waals surface area contributed by atoms with Crippen LogP contribution in [0.2, 0.25) is 0 Å². The Labute approximate surface area is 163 Å². The molecule has 3 rings (SSSR count). The van der Waals surface area contributed by atoms with E-state index in [9.17, 15) is 14.9 Å². The van der Waals surface area contributed by atoms with Gasteiger partial charge in [0.15, 0.2) is 5.69 Å². The average molecular weight is 383 g/mol. The van der Waals surface area contributed by atoms with E-state index in [1.807, 2.05) is 0 Å². The summed E-state index contributed by atoms with van der Waals surface area (Å²) < 4.78 is 0. The number of nitrogens with zero attached hydrogens (tertiary/aromatic N) is 3. The van der Waals surface area contributed by atoms with Gasteiger partial charge in [0.05, 0.1) is 11.1 Å². The van der Waals surface area contributed by atoms with Crippen LogP contribution in [0.25, 0.3) is 0 Å². The lowest BCUT2D eigenvalue weighted by Gasteiger charge is -2.36. The van der Waals surface area contributed by atoms with Crippen molar-refractivity contribution in [3.63, 3.8) is 0 Å². The number of amides is 1. The Kier molecular flexibility index (Phi) is 5.58. The number of carbonyl (C=O) groups is 1. The first-order valence-corrected chi connectivity index (χ1v) is 9.45. The van der Waals surface area contributed by atoms with E-state index in [1.54, 1.807) is 12.1 Å². The summed E-state index contributed by atoms with van der Waals surface area (Å²) in [4.78, 5) is 22.8. The number of carbonyl (C=O) groups excluding carboxylic acids is 1. The molecule has 0 bridgehead atoms. The summed E-state index contributed by atoms with van der Waals surface area (Å²) in [6.07, 6.45) is 5.36. The Balaban J connectivity index is 1.68. The third-order valence-corrected chi connectivity index (χ3v) is 5.86. The molecule has 8 nitrogen and oxygen atoms in total. The number of nitrogens with one attached hydrogen (secondary N) is 2. The van der Waals surface area contributed by atoms with Crippen LogP contribution >= 0.6 is 0 Å². The number of benzene rings is 1. The molecule has 1 aromatic heterocycles. The van der Waals surface area contributed by atoms with Gasteiger partial charge in [-0.2, -0.15) is 10.2 Å². The fourth-order valence-electron chi connectivity index (χ4n) is 3.54. The molecule has 28 heavy (non-hydrogen) atoms. The Morgan fingerprint density at radius 3 is 2.79 bits per heavy atom. The van der Waals surface area contributed by atoms with E-state index in [1.165, 1.54) is 18.3 Å². The molecule has 0 spiro atoms. The second kappa shape index (κ2) is 7.92. The Bertz CT molecular complexity index is 899. The van der Waals surface area contributed by atoms with Crippen molar-refractivity contribution in [3.05, 3.63) is 56.9 Å². The number of rotatable bonds is 6. The summed E-state index contributed by atoms with van der Waals surface area (Å²) in [7, 11) is 0. The minimum absolute atomic E-state index is 0.00824. The van der Waals surface area contributed by atoms with Crippen LogP contribution in [0.1, 0.15) is 60.9 Å². The van der Waals surface area contributed by atoms with Crippen molar-refractivity contribution in [2.45, 2.75) is 46.5 Å². The van der Waals surface area contributed by atoms with E-state index in [0.29, 0.717) is 17.2 Å². The molecule has 148 valence electrons. The lowest BCUT2D eigenvalue weighted by atomic mass is 9.69.